The SMILES string of the molecule is C[C@]12CCCCC1CC[C@H]1[C@@H]3CC[C@](O)(C(=O)CO)[C@@]3(C)C[C@@H]3O[C@@]312. The number of ketones is 1. The van der Waals surface area contributed by atoms with Gasteiger partial charge in [0.25, 0.3) is 0 Å². The smallest absolute Gasteiger partial charge is 0.190 e. The van der Waals surface area contributed by atoms with Crippen molar-refractivity contribution in [2.24, 2.45) is 28.6 Å². The monoisotopic (exact) mass is 348 g/mol. The van der Waals surface area contributed by atoms with Crippen molar-refractivity contribution in [1.82, 2.24) is 0 Å². The van der Waals surface area contributed by atoms with Crippen LogP contribution in [-0.4, -0.2) is 39.9 Å². The molecule has 4 saturated carbocycles. The molecule has 8 atom stereocenters. The molecular formula is C21H32O4. The Labute approximate surface area is 150 Å². The molecule has 0 aromatic carbocycles. The van der Waals surface area contributed by atoms with E-state index < -0.39 is 17.6 Å². The van der Waals surface area contributed by atoms with Gasteiger partial charge in [0, 0.05) is 10.8 Å². The van der Waals surface area contributed by atoms with Gasteiger partial charge in [0.05, 0.1) is 6.10 Å². The van der Waals surface area contributed by atoms with E-state index in [9.17, 15) is 15.0 Å². The molecule has 0 bridgehead atoms. The van der Waals surface area contributed by atoms with Crippen molar-refractivity contribution in [3.8, 4) is 0 Å². The highest BCUT2D eigenvalue weighted by Crippen LogP contribution is 2.76. The zero-order valence-electron chi connectivity index (χ0n) is 15.6. The van der Waals surface area contributed by atoms with Crippen molar-refractivity contribution in [3.05, 3.63) is 0 Å². The largest absolute Gasteiger partial charge is 0.388 e. The highest BCUT2D eigenvalue weighted by atomic mass is 16.6. The van der Waals surface area contributed by atoms with Gasteiger partial charge >= 0.3 is 0 Å². The molecule has 140 valence electrons. The van der Waals surface area contributed by atoms with Crippen molar-refractivity contribution in [3.63, 3.8) is 0 Å². The van der Waals surface area contributed by atoms with Crippen LogP contribution < -0.4 is 0 Å². The second-order valence-electron chi connectivity index (χ2n) is 10.2. The van der Waals surface area contributed by atoms with Gasteiger partial charge in [0.2, 0.25) is 0 Å². The molecule has 4 heteroatoms. The molecule has 0 aromatic rings. The van der Waals surface area contributed by atoms with Gasteiger partial charge in [0.15, 0.2) is 5.78 Å². The van der Waals surface area contributed by atoms with Crippen LogP contribution in [-0.2, 0) is 9.53 Å². The van der Waals surface area contributed by atoms with Crippen LogP contribution in [0.2, 0.25) is 0 Å². The minimum Gasteiger partial charge on any atom is -0.388 e. The maximum Gasteiger partial charge on any atom is 0.190 e. The van der Waals surface area contributed by atoms with E-state index in [1.165, 1.54) is 38.5 Å². The Morgan fingerprint density at radius 3 is 2.60 bits per heavy atom. The lowest BCUT2D eigenvalue weighted by molar-refractivity contribution is -0.164. The number of aliphatic hydroxyl groups is 2. The fourth-order valence-corrected chi connectivity index (χ4v) is 8.34. The van der Waals surface area contributed by atoms with E-state index in [2.05, 4.69) is 13.8 Å². The lowest BCUT2D eigenvalue weighted by atomic mass is 9.44. The first kappa shape index (κ1) is 16.7. The lowest BCUT2D eigenvalue weighted by Gasteiger charge is -2.59. The summed E-state index contributed by atoms with van der Waals surface area (Å²) < 4.78 is 6.57. The van der Waals surface area contributed by atoms with Gasteiger partial charge in [-0.1, -0.05) is 26.7 Å². The molecule has 5 fully saturated rings. The number of hydrogen-bond donors (Lipinski definition) is 2. The Morgan fingerprint density at radius 1 is 1.04 bits per heavy atom. The molecule has 0 radical (unpaired) electrons. The van der Waals surface area contributed by atoms with Gasteiger partial charge in [-0.15, -0.1) is 0 Å². The summed E-state index contributed by atoms with van der Waals surface area (Å²) in [4.78, 5) is 12.4. The van der Waals surface area contributed by atoms with E-state index in [4.69, 9.17) is 4.74 Å². The summed E-state index contributed by atoms with van der Waals surface area (Å²) in [7, 11) is 0. The minimum absolute atomic E-state index is 0.00796. The Bertz CT molecular complexity index is 619. The van der Waals surface area contributed by atoms with Crippen molar-refractivity contribution >= 4 is 5.78 Å². The predicted molar refractivity (Wildman–Crippen MR) is 92.9 cm³/mol. The number of ether oxygens (including phenoxy) is 1. The molecule has 5 aliphatic rings. The molecule has 5 rings (SSSR count). The van der Waals surface area contributed by atoms with Gasteiger partial charge in [0.1, 0.15) is 17.8 Å². The maximum atomic E-state index is 12.4. The molecule has 0 aromatic heterocycles. The minimum atomic E-state index is -1.37. The molecule has 25 heavy (non-hydrogen) atoms. The zero-order chi connectivity index (χ0) is 17.7. The van der Waals surface area contributed by atoms with Gasteiger partial charge in [-0.2, -0.15) is 0 Å². The van der Waals surface area contributed by atoms with Gasteiger partial charge in [-0.25, -0.2) is 0 Å². The molecular weight excluding hydrogens is 316 g/mol. The lowest BCUT2D eigenvalue weighted by Crippen LogP contribution is -2.63. The topological polar surface area (TPSA) is 70.1 Å². The van der Waals surface area contributed by atoms with Gasteiger partial charge in [-0.05, 0) is 62.7 Å². The van der Waals surface area contributed by atoms with Crippen LogP contribution in [0.25, 0.3) is 0 Å². The zero-order valence-corrected chi connectivity index (χ0v) is 15.6. The normalized spacial score (nSPS) is 59.4. The first-order valence-electron chi connectivity index (χ1n) is 10.4. The summed E-state index contributed by atoms with van der Waals surface area (Å²) in [6.07, 6.45) is 10.1. The number of hydrogen-bond acceptors (Lipinski definition) is 4. The van der Waals surface area contributed by atoms with Crippen LogP contribution in [0.5, 0.6) is 0 Å². The summed E-state index contributed by atoms with van der Waals surface area (Å²) in [6.45, 7) is 4.02. The summed E-state index contributed by atoms with van der Waals surface area (Å²) >= 11 is 0. The Hall–Kier alpha value is -0.450. The highest BCUT2D eigenvalue weighted by Gasteiger charge is 2.81. The number of epoxide rings is 1. The Morgan fingerprint density at radius 2 is 1.84 bits per heavy atom. The third-order valence-corrected chi connectivity index (χ3v) is 9.71. The molecule has 1 heterocycles. The molecule has 1 saturated heterocycles. The molecule has 1 aliphatic heterocycles. The van der Waals surface area contributed by atoms with E-state index in [-0.39, 0.29) is 22.9 Å². The van der Waals surface area contributed by atoms with E-state index in [1.54, 1.807) is 0 Å². The molecule has 0 amide bonds. The first-order chi connectivity index (χ1) is 11.8. The fraction of sp³-hybridized carbons (Fsp3) is 0.952. The molecule has 1 unspecified atom stereocenters. The van der Waals surface area contributed by atoms with Crippen LogP contribution in [0.1, 0.15) is 71.6 Å². The summed E-state index contributed by atoms with van der Waals surface area (Å²) in [5.41, 5.74) is -1.52. The second-order valence-corrected chi connectivity index (χ2v) is 10.2. The van der Waals surface area contributed by atoms with Crippen molar-refractivity contribution in [2.75, 3.05) is 6.61 Å². The average Bonchev–Trinajstić information content (AvgIpc) is 3.25. The molecule has 1 spiro atoms. The number of Topliss-reactive ketones (excluding diaryl/α,β-unsaturated/α-hetero) is 1. The van der Waals surface area contributed by atoms with Gasteiger partial charge < -0.3 is 14.9 Å². The van der Waals surface area contributed by atoms with Crippen LogP contribution in [0.3, 0.4) is 0 Å². The number of rotatable bonds is 2. The van der Waals surface area contributed by atoms with E-state index >= 15 is 0 Å². The number of fused-ring (bicyclic) bond motifs is 3. The average molecular weight is 348 g/mol. The number of aliphatic hydroxyl groups excluding tert-OH is 1. The molecule has 4 aliphatic carbocycles. The van der Waals surface area contributed by atoms with E-state index in [1.807, 2.05) is 0 Å². The van der Waals surface area contributed by atoms with Crippen LogP contribution >= 0.6 is 0 Å². The maximum absolute atomic E-state index is 12.4. The molecule has 2 N–H and O–H groups in total. The summed E-state index contributed by atoms with van der Waals surface area (Å²) in [5.74, 6) is 1.21. The highest BCUT2D eigenvalue weighted by molar-refractivity contribution is 5.89. The van der Waals surface area contributed by atoms with Gasteiger partial charge in [-0.3, -0.25) is 4.79 Å². The van der Waals surface area contributed by atoms with Crippen LogP contribution in [0.15, 0.2) is 0 Å². The summed E-state index contributed by atoms with van der Waals surface area (Å²) in [6, 6.07) is 0. The Kier molecular flexibility index (Phi) is 3.26. The quantitative estimate of drug-likeness (QED) is 0.753. The number of carbonyl (C=O) groups is 1. The van der Waals surface area contributed by atoms with Crippen LogP contribution in [0, 0.1) is 28.6 Å². The third kappa shape index (κ3) is 1.69. The first-order valence-corrected chi connectivity index (χ1v) is 10.4. The van der Waals surface area contributed by atoms with E-state index in [0.717, 1.165) is 18.8 Å². The standard InChI is InChI=1S/C21H32O4/c1-18-9-4-3-5-13(18)6-7-15-14-8-10-20(24,16(23)12-22)19(14,2)11-17-21(15,18)25-17/h13-15,17,22,24H,3-12H2,1-2H3/t13?,14-,15-,17-,18-,19-,20-,21+/m0/s1. The van der Waals surface area contributed by atoms with Crippen molar-refractivity contribution in [1.29, 1.82) is 0 Å². The second kappa shape index (κ2) is 4.88. The van der Waals surface area contributed by atoms with Crippen LogP contribution in [0.4, 0.5) is 0 Å². The molecule has 4 nitrogen and oxygen atoms in total. The Balaban J connectivity index is 1.54. The third-order valence-electron chi connectivity index (χ3n) is 9.71. The summed E-state index contributed by atoms with van der Waals surface area (Å²) in [5, 5.41) is 20.7. The van der Waals surface area contributed by atoms with E-state index in [0.29, 0.717) is 18.3 Å². The van der Waals surface area contributed by atoms with Crippen molar-refractivity contribution < 1.29 is 19.7 Å². The number of carbonyl (C=O) groups excluding carboxylic acids is 1. The fourth-order valence-electron chi connectivity index (χ4n) is 8.34. The predicted octanol–water partition coefficient (Wildman–Crippen LogP) is 2.84. The van der Waals surface area contributed by atoms with Crippen molar-refractivity contribution in [2.45, 2.75) is 88.9 Å².